The maximum absolute atomic E-state index is 11.8. The number of nitrogen functional groups attached to an aromatic ring is 1. The van der Waals surface area contributed by atoms with E-state index in [1.54, 1.807) is 14.0 Å². The summed E-state index contributed by atoms with van der Waals surface area (Å²) in [7, 11) is 1.60. The van der Waals surface area contributed by atoms with Gasteiger partial charge in [0.2, 0.25) is 5.91 Å². The normalized spacial score (nSPS) is 12.2. The number of rotatable bonds is 3. The minimum Gasteiger partial charge on any atom is -0.395 e. The highest BCUT2D eigenvalue weighted by Crippen LogP contribution is 2.14. The molecule has 0 bridgehead atoms. The fraction of sp³-hybridized carbons (Fsp3) is 0.444. The first kappa shape index (κ1) is 12.0. The van der Waals surface area contributed by atoms with E-state index >= 15 is 0 Å². The van der Waals surface area contributed by atoms with Gasteiger partial charge in [-0.15, -0.1) is 0 Å². The second-order valence-corrected chi connectivity index (χ2v) is 3.57. The zero-order valence-electron chi connectivity index (χ0n) is 9.44. The number of nitrogens with one attached hydrogen (secondary N) is 1. The summed E-state index contributed by atoms with van der Waals surface area (Å²) in [5.74, 6) is -1.07. The summed E-state index contributed by atoms with van der Waals surface area (Å²) in [4.78, 5) is 22.5. The third-order valence-electron chi connectivity index (χ3n) is 2.26. The zero-order valence-corrected chi connectivity index (χ0v) is 9.44. The Kier molecular flexibility index (Phi) is 3.17. The number of hydrogen-bond acceptors (Lipinski definition) is 4. The van der Waals surface area contributed by atoms with Crippen LogP contribution in [-0.2, 0) is 11.8 Å². The van der Waals surface area contributed by atoms with Crippen molar-refractivity contribution < 1.29 is 9.59 Å². The molecule has 7 nitrogen and oxygen atoms in total. The predicted octanol–water partition coefficient (Wildman–Crippen LogP) is -1.09. The van der Waals surface area contributed by atoms with Gasteiger partial charge in [0.1, 0.15) is 11.7 Å². The first-order chi connectivity index (χ1) is 7.34. The second-order valence-electron chi connectivity index (χ2n) is 3.57. The van der Waals surface area contributed by atoms with E-state index in [0.717, 1.165) is 0 Å². The molecule has 0 aliphatic rings. The fourth-order valence-corrected chi connectivity index (χ4v) is 1.28. The Morgan fingerprint density at radius 3 is 2.44 bits per heavy atom. The molecule has 0 aliphatic carbocycles. The van der Waals surface area contributed by atoms with Crippen LogP contribution in [0.25, 0.3) is 0 Å². The molecule has 0 spiro atoms. The molecule has 0 fully saturated rings. The number of aromatic nitrogens is 2. The third-order valence-corrected chi connectivity index (χ3v) is 2.26. The largest absolute Gasteiger partial charge is 0.395 e. The van der Waals surface area contributed by atoms with E-state index in [9.17, 15) is 9.59 Å². The Morgan fingerprint density at radius 2 is 2.06 bits per heavy atom. The Bertz CT molecular complexity index is 437. The minimum atomic E-state index is -0.748. The maximum atomic E-state index is 11.8. The number of aryl methyl sites for hydroxylation is 2. The third kappa shape index (κ3) is 2.13. The van der Waals surface area contributed by atoms with Crippen LogP contribution in [0, 0.1) is 6.92 Å². The van der Waals surface area contributed by atoms with Crippen molar-refractivity contribution in [3.05, 3.63) is 11.4 Å². The molecule has 2 amide bonds. The Labute approximate surface area is 92.8 Å². The van der Waals surface area contributed by atoms with Gasteiger partial charge in [0.15, 0.2) is 0 Å². The Morgan fingerprint density at radius 1 is 1.50 bits per heavy atom. The van der Waals surface area contributed by atoms with Crippen molar-refractivity contribution in [1.82, 2.24) is 15.1 Å². The SMILES string of the molecule is Cc1nn(C)c(C(=O)NC(C)C(N)=O)c1N. The molecule has 5 N–H and O–H groups in total. The van der Waals surface area contributed by atoms with Crippen molar-refractivity contribution in [2.45, 2.75) is 19.9 Å². The lowest BCUT2D eigenvalue weighted by molar-refractivity contribution is -0.119. The number of carbonyl (C=O) groups excluding carboxylic acids is 2. The molecule has 0 saturated carbocycles. The molecule has 7 heteroatoms. The minimum absolute atomic E-state index is 0.227. The van der Waals surface area contributed by atoms with Gasteiger partial charge in [-0.2, -0.15) is 5.10 Å². The molecule has 1 aromatic rings. The van der Waals surface area contributed by atoms with Gasteiger partial charge in [0, 0.05) is 7.05 Å². The zero-order chi connectivity index (χ0) is 12.5. The van der Waals surface area contributed by atoms with Crippen LogP contribution < -0.4 is 16.8 Å². The standard InChI is InChI=1S/C9H15N5O2/c1-4-6(10)7(14(3)13-4)9(16)12-5(2)8(11)15/h5H,10H2,1-3H3,(H2,11,15)(H,12,16). The number of anilines is 1. The lowest BCUT2D eigenvalue weighted by Gasteiger charge is -2.10. The van der Waals surface area contributed by atoms with Crippen molar-refractivity contribution in [2.24, 2.45) is 12.8 Å². The molecule has 1 heterocycles. The van der Waals surface area contributed by atoms with Crippen molar-refractivity contribution in [3.63, 3.8) is 0 Å². The van der Waals surface area contributed by atoms with Crippen LogP contribution in [0.4, 0.5) is 5.69 Å². The van der Waals surface area contributed by atoms with Crippen molar-refractivity contribution in [2.75, 3.05) is 5.73 Å². The average Bonchev–Trinajstić information content (AvgIpc) is 2.40. The Hall–Kier alpha value is -2.05. The summed E-state index contributed by atoms with van der Waals surface area (Å²) >= 11 is 0. The smallest absolute Gasteiger partial charge is 0.272 e. The summed E-state index contributed by atoms with van der Waals surface area (Å²) in [6, 6.07) is -0.748. The predicted molar refractivity (Wildman–Crippen MR) is 58.5 cm³/mol. The molecule has 1 atom stereocenters. The molecular formula is C9H15N5O2. The maximum Gasteiger partial charge on any atom is 0.272 e. The number of hydrogen-bond donors (Lipinski definition) is 3. The molecule has 88 valence electrons. The van der Waals surface area contributed by atoms with E-state index in [2.05, 4.69) is 10.4 Å². The summed E-state index contributed by atoms with van der Waals surface area (Å²) in [6.07, 6.45) is 0. The summed E-state index contributed by atoms with van der Waals surface area (Å²) in [5, 5.41) is 6.43. The van der Waals surface area contributed by atoms with Crippen LogP contribution >= 0.6 is 0 Å². The number of carbonyl (C=O) groups is 2. The number of nitrogens with two attached hydrogens (primary N) is 2. The first-order valence-corrected chi connectivity index (χ1v) is 4.73. The van der Waals surface area contributed by atoms with Crippen molar-refractivity contribution >= 4 is 17.5 Å². The summed E-state index contributed by atoms with van der Waals surface area (Å²) < 4.78 is 1.37. The van der Waals surface area contributed by atoms with Crippen LogP contribution in [0.15, 0.2) is 0 Å². The topological polar surface area (TPSA) is 116 Å². The van der Waals surface area contributed by atoms with E-state index < -0.39 is 17.9 Å². The monoisotopic (exact) mass is 225 g/mol. The number of nitrogens with zero attached hydrogens (tertiary/aromatic N) is 2. The van der Waals surface area contributed by atoms with Crippen molar-refractivity contribution in [3.8, 4) is 0 Å². The molecule has 0 aromatic carbocycles. The van der Waals surface area contributed by atoms with Gasteiger partial charge in [0.05, 0.1) is 11.4 Å². The molecule has 16 heavy (non-hydrogen) atoms. The number of primary amides is 1. The molecule has 1 aromatic heterocycles. The van der Waals surface area contributed by atoms with Crippen LogP contribution in [0.1, 0.15) is 23.1 Å². The van der Waals surface area contributed by atoms with Crippen LogP contribution in [0.2, 0.25) is 0 Å². The lowest BCUT2D eigenvalue weighted by atomic mass is 10.2. The fourth-order valence-electron chi connectivity index (χ4n) is 1.28. The highest BCUT2D eigenvalue weighted by molar-refractivity contribution is 6.00. The van der Waals surface area contributed by atoms with Gasteiger partial charge in [0.25, 0.3) is 5.91 Å². The highest BCUT2D eigenvalue weighted by atomic mass is 16.2. The van der Waals surface area contributed by atoms with E-state index in [4.69, 9.17) is 11.5 Å². The van der Waals surface area contributed by atoms with Gasteiger partial charge in [-0.25, -0.2) is 0 Å². The van der Waals surface area contributed by atoms with Crippen LogP contribution in [0.3, 0.4) is 0 Å². The number of amides is 2. The van der Waals surface area contributed by atoms with Gasteiger partial charge in [-0.1, -0.05) is 0 Å². The molecule has 1 rings (SSSR count). The van der Waals surface area contributed by atoms with E-state index in [-0.39, 0.29) is 5.69 Å². The molecule has 1 unspecified atom stereocenters. The van der Waals surface area contributed by atoms with E-state index in [1.165, 1.54) is 11.6 Å². The van der Waals surface area contributed by atoms with E-state index in [0.29, 0.717) is 11.4 Å². The first-order valence-electron chi connectivity index (χ1n) is 4.73. The lowest BCUT2D eigenvalue weighted by Crippen LogP contribution is -2.42. The van der Waals surface area contributed by atoms with Gasteiger partial charge in [-0.05, 0) is 13.8 Å². The van der Waals surface area contributed by atoms with Crippen molar-refractivity contribution in [1.29, 1.82) is 0 Å². The highest BCUT2D eigenvalue weighted by Gasteiger charge is 2.20. The quantitative estimate of drug-likeness (QED) is 0.606. The molecular weight excluding hydrogens is 210 g/mol. The summed E-state index contributed by atoms with van der Waals surface area (Å²) in [5.41, 5.74) is 11.8. The molecule has 0 radical (unpaired) electrons. The summed E-state index contributed by atoms with van der Waals surface area (Å²) in [6.45, 7) is 3.20. The van der Waals surface area contributed by atoms with Gasteiger partial charge >= 0.3 is 0 Å². The van der Waals surface area contributed by atoms with Gasteiger partial charge in [-0.3, -0.25) is 14.3 Å². The van der Waals surface area contributed by atoms with E-state index in [1.807, 2.05) is 0 Å². The molecule has 0 saturated heterocycles. The van der Waals surface area contributed by atoms with Gasteiger partial charge < -0.3 is 16.8 Å². The average molecular weight is 225 g/mol. The second kappa shape index (κ2) is 4.21. The van der Waals surface area contributed by atoms with Crippen LogP contribution in [-0.4, -0.2) is 27.6 Å². The Balaban J connectivity index is 2.93. The molecule has 0 aliphatic heterocycles. The van der Waals surface area contributed by atoms with Crippen LogP contribution in [0.5, 0.6) is 0 Å².